The van der Waals surface area contributed by atoms with Gasteiger partial charge in [-0.3, -0.25) is 0 Å². The molecule has 0 amide bonds. The van der Waals surface area contributed by atoms with E-state index in [2.05, 4.69) is 20.7 Å². The number of nitrogens with one attached hydrogen (secondary N) is 1. The molecule has 4 nitrogen and oxygen atoms in total. The van der Waals surface area contributed by atoms with Gasteiger partial charge in [-0.15, -0.1) is 0 Å². The molecule has 102 valence electrons. The van der Waals surface area contributed by atoms with Gasteiger partial charge in [0, 0.05) is 15.8 Å². The van der Waals surface area contributed by atoms with Gasteiger partial charge in [-0.05, 0) is 37.4 Å². The van der Waals surface area contributed by atoms with Gasteiger partial charge in [-0.2, -0.15) is 11.8 Å². The lowest BCUT2D eigenvalue weighted by atomic mass is 10.3. The SMILES string of the molecule is CSC(CO)C(C)NS(=O)(=O)c1ccc(Br)cc1. The summed E-state index contributed by atoms with van der Waals surface area (Å²) in [5.74, 6) is 0. The molecule has 0 fully saturated rings. The molecule has 0 spiro atoms. The van der Waals surface area contributed by atoms with Crippen molar-refractivity contribution in [3.8, 4) is 0 Å². The van der Waals surface area contributed by atoms with E-state index in [9.17, 15) is 8.42 Å². The van der Waals surface area contributed by atoms with Crippen LogP contribution in [0.3, 0.4) is 0 Å². The minimum Gasteiger partial charge on any atom is -0.395 e. The Morgan fingerprint density at radius 1 is 1.39 bits per heavy atom. The van der Waals surface area contributed by atoms with Gasteiger partial charge in [-0.25, -0.2) is 13.1 Å². The summed E-state index contributed by atoms with van der Waals surface area (Å²) in [6.07, 6.45) is 1.84. The number of halogens is 1. The number of hydrogen-bond acceptors (Lipinski definition) is 4. The van der Waals surface area contributed by atoms with Crippen LogP contribution in [0.1, 0.15) is 6.92 Å². The van der Waals surface area contributed by atoms with E-state index in [-0.39, 0.29) is 22.8 Å². The second-order valence-electron chi connectivity index (χ2n) is 3.82. The molecular formula is C11H16BrNO3S2. The second-order valence-corrected chi connectivity index (χ2v) is 7.53. The molecule has 7 heteroatoms. The summed E-state index contributed by atoms with van der Waals surface area (Å²) >= 11 is 4.69. The number of sulfonamides is 1. The third-order valence-electron chi connectivity index (χ3n) is 2.51. The Morgan fingerprint density at radius 2 is 1.94 bits per heavy atom. The molecule has 0 aromatic heterocycles. The van der Waals surface area contributed by atoms with Crippen molar-refractivity contribution in [1.29, 1.82) is 0 Å². The molecule has 1 aromatic carbocycles. The average molecular weight is 354 g/mol. The quantitative estimate of drug-likeness (QED) is 0.818. The highest BCUT2D eigenvalue weighted by molar-refractivity contribution is 9.10. The van der Waals surface area contributed by atoms with E-state index >= 15 is 0 Å². The van der Waals surface area contributed by atoms with Crippen LogP contribution in [0.15, 0.2) is 33.6 Å². The minimum absolute atomic E-state index is 0.0643. The first-order valence-corrected chi connectivity index (χ1v) is 8.88. The molecular weight excluding hydrogens is 338 g/mol. The van der Waals surface area contributed by atoms with Gasteiger partial charge in [0.05, 0.1) is 11.5 Å². The van der Waals surface area contributed by atoms with Crippen molar-refractivity contribution in [3.05, 3.63) is 28.7 Å². The zero-order valence-corrected chi connectivity index (χ0v) is 13.3. The molecule has 0 aliphatic heterocycles. The molecule has 2 N–H and O–H groups in total. The van der Waals surface area contributed by atoms with Crippen LogP contribution >= 0.6 is 27.7 Å². The lowest BCUT2D eigenvalue weighted by Crippen LogP contribution is -2.41. The van der Waals surface area contributed by atoms with Crippen LogP contribution in [-0.4, -0.2) is 37.7 Å². The molecule has 0 saturated heterocycles. The summed E-state index contributed by atoms with van der Waals surface area (Å²) in [6, 6.07) is 6.09. The maximum atomic E-state index is 12.1. The van der Waals surface area contributed by atoms with Crippen molar-refractivity contribution < 1.29 is 13.5 Å². The Morgan fingerprint density at radius 3 is 2.39 bits per heavy atom. The monoisotopic (exact) mass is 353 g/mol. The summed E-state index contributed by atoms with van der Waals surface area (Å²) in [5, 5.41) is 8.98. The molecule has 18 heavy (non-hydrogen) atoms. The van der Waals surface area contributed by atoms with Crippen molar-refractivity contribution in [1.82, 2.24) is 4.72 Å². The molecule has 0 aliphatic rings. The summed E-state index contributed by atoms with van der Waals surface area (Å²) in [7, 11) is -3.54. The van der Waals surface area contributed by atoms with E-state index in [4.69, 9.17) is 5.11 Å². The molecule has 0 bridgehead atoms. The lowest BCUT2D eigenvalue weighted by molar-refractivity contribution is 0.282. The van der Waals surface area contributed by atoms with Gasteiger partial charge in [0.15, 0.2) is 0 Å². The van der Waals surface area contributed by atoms with Crippen molar-refractivity contribution in [2.45, 2.75) is 23.1 Å². The Labute approximate surface area is 120 Å². The van der Waals surface area contributed by atoms with Crippen LogP contribution in [-0.2, 0) is 10.0 Å². The number of benzene rings is 1. The van der Waals surface area contributed by atoms with Gasteiger partial charge in [0.25, 0.3) is 0 Å². The first-order valence-electron chi connectivity index (χ1n) is 5.32. The number of thioether (sulfide) groups is 1. The van der Waals surface area contributed by atoms with Crippen LogP contribution in [0.25, 0.3) is 0 Å². The number of hydrogen-bond donors (Lipinski definition) is 2. The highest BCUT2D eigenvalue weighted by atomic mass is 79.9. The number of aliphatic hydroxyl groups is 1. The van der Waals surface area contributed by atoms with Crippen LogP contribution < -0.4 is 4.72 Å². The number of aliphatic hydroxyl groups excluding tert-OH is 1. The Hall–Kier alpha value is -0.0800. The minimum atomic E-state index is -3.54. The van der Waals surface area contributed by atoms with E-state index in [1.807, 2.05) is 6.26 Å². The zero-order valence-electron chi connectivity index (χ0n) is 10.1. The molecule has 1 aromatic rings. The molecule has 0 aliphatic carbocycles. The average Bonchev–Trinajstić information content (AvgIpc) is 2.30. The third-order valence-corrected chi connectivity index (χ3v) is 5.77. The standard InChI is InChI=1S/C11H16BrNO3S2/c1-8(11(7-14)17-2)13-18(15,16)10-5-3-9(12)4-6-10/h3-6,8,11,13-14H,7H2,1-2H3. The summed E-state index contributed by atoms with van der Waals surface area (Å²) in [4.78, 5) is 0.218. The van der Waals surface area contributed by atoms with Gasteiger partial charge < -0.3 is 5.11 Å². The van der Waals surface area contributed by atoms with Crippen LogP contribution in [0.4, 0.5) is 0 Å². The van der Waals surface area contributed by atoms with Crippen molar-refractivity contribution in [2.24, 2.45) is 0 Å². The normalized spacial score (nSPS) is 15.3. The Balaban J connectivity index is 2.85. The summed E-state index contributed by atoms with van der Waals surface area (Å²) < 4.78 is 27.5. The maximum absolute atomic E-state index is 12.1. The van der Waals surface area contributed by atoms with E-state index in [1.54, 1.807) is 19.1 Å². The van der Waals surface area contributed by atoms with Crippen LogP contribution in [0.2, 0.25) is 0 Å². The summed E-state index contributed by atoms with van der Waals surface area (Å²) in [5.41, 5.74) is 0. The topological polar surface area (TPSA) is 66.4 Å². The Kier molecular flexibility index (Phi) is 6.13. The molecule has 0 heterocycles. The van der Waals surface area contributed by atoms with Crippen LogP contribution in [0.5, 0.6) is 0 Å². The first-order chi connectivity index (χ1) is 8.40. The lowest BCUT2D eigenvalue weighted by Gasteiger charge is -2.21. The smallest absolute Gasteiger partial charge is 0.240 e. The van der Waals surface area contributed by atoms with E-state index in [0.717, 1.165) is 4.47 Å². The number of rotatable bonds is 6. The van der Waals surface area contributed by atoms with Gasteiger partial charge >= 0.3 is 0 Å². The third kappa shape index (κ3) is 4.24. The van der Waals surface area contributed by atoms with E-state index in [1.165, 1.54) is 23.9 Å². The van der Waals surface area contributed by atoms with Crippen LogP contribution in [0, 0.1) is 0 Å². The van der Waals surface area contributed by atoms with E-state index < -0.39 is 10.0 Å². The highest BCUT2D eigenvalue weighted by Gasteiger charge is 2.22. The zero-order chi connectivity index (χ0) is 13.8. The first kappa shape index (κ1) is 16.0. The maximum Gasteiger partial charge on any atom is 0.240 e. The fourth-order valence-electron chi connectivity index (χ4n) is 1.44. The van der Waals surface area contributed by atoms with E-state index in [0.29, 0.717) is 0 Å². The van der Waals surface area contributed by atoms with Crippen molar-refractivity contribution in [3.63, 3.8) is 0 Å². The predicted octanol–water partition coefficient (Wildman–Crippen LogP) is 1.84. The predicted molar refractivity (Wildman–Crippen MR) is 78.3 cm³/mol. The van der Waals surface area contributed by atoms with Gasteiger partial charge in [-0.1, -0.05) is 15.9 Å². The van der Waals surface area contributed by atoms with Crippen molar-refractivity contribution >= 4 is 37.7 Å². The van der Waals surface area contributed by atoms with Gasteiger partial charge in [0.1, 0.15) is 0 Å². The van der Waals surface area contributed by atoms with Gasteiger partial charge in [0.2, 0.25) is 10.0 Å². The fraction of sp³-hybridized carbons (Fsp3) is 0.455. The Bertz CT molecular complexity index is 472. The molecule has 2 unspecified atom stereocenters. The largest absolute Gasteiger partial charge is 0.395 e. The highest BCUT2D eigenvalue weighted by Crippen LogP contribution is 2.17. The fourth-order valence-corrected chi connectivity index (χ4v) is 3.70. The second kappa shape index (κ2) is 6.91. The molecule has 0 radical (unpaired) electrons. The molecule has 2 atom stereocenters. The molecule has 0 saturated carbocycles. The molecule has 1 rings (SSSR count). The van der Waals surface area contributed by atoms with Crippen molar-refractivity contribution in [2.75, 3.05) is 12.9 Å². The summed E-state index contributed by atoms with van der Waals surface area (Å²) in [6.45, 7) is 1.68.